The number of aromatic nitrogens is 2. The van der Waals surface area contributed by atoms with Crippen LogP contribution in [-0.4, -0.2) is 9.97 Å². The Labute approximate surface area is 98.0 Å². The van der Waals surface area contributed by atoms with E-state index in [0.29, 0.717) is 17.5 Å². The molecule has 0 aliphatic rings. The smallest absolute Gasteiger partial charge is 0.257 e. The zero-order valence-corrected chi connectivity index (χ0v) is 9.19. The molecule has 0 atom stereocenters. The number of nitrogens with two attached hydrogens (primary N) is 1. The monoisotopic (exact) mass is 235 g/mol. The molecule has 0 saturated heterocycles. The number of hydrogen-bond acceptors (Lipinski definition) is 4. The molecule has 0 aliphatic carbocycles. The van der Waals surface area contributed by atoms with E-state index in [1.54, 1.807) is 12.1 Å². The topological polar surface area (TPSA) is 61.0 Å². The van der Waals surface area contributed by atoms with Crippen LogP contribution in [0.25, 0.3) is 0 Å². The Kier molecular flexibility index (Phi) is 3.22. The summed E-state index contributed by atoms with van der Waals surface area (Å²) < 4.78 is 5.42. The van der Waals surface area contributed by atoms with E-state index in [1.165, 1.54) is 12.4 Å². The molecule has 0 fully saturated rings. The van der Waals surface area contributed by atoms with Crippen LogP contribution >= 0.6 is 11.6 Å². The molecule has 0 amide bonds. The summed E-state index contributed by atoms with van der Waals surface area (Å²) in [4.78, 5) is 7.85. The third-order valence-electron chi connectivity index (χ3n) is 1.98. The van der Waals surface area contributed by atoms with Crippen molar-refractivity contribution in [3.05, 3.63) is 47.2 Å². The summed E-state index contributed by atoms with van der Waals surface area (Å²) in [5, 5.41) is 0.697. The molecule has 2 aromatic rings. The summed E-state index contributed by atoms with van der Waals surface area (Å²) in [7, 11) is 0. The molecule has 0 bridgehead atoms. The molecule has 2 rings (SSSR count). The highest BCUT2D eigenvalue weighted by Gasteiger charge is 2.02. The molecule has 82 valence electrons. The van der Waals surface area contributed by atoms with Crippen LogP contribution in [0, 0.1) is 0 Å². The fraction of sp³-hybridized carbons (Fsp3) is 0.0909. The quantitative estimate of drug-likeness (QED) is 0.887. The van der Waals surface area contributed by atoms with Gasteiger partial charge in [0.1, 0.15) is 6.61 Å². The number of benzene rings is 1. The molecule has 16 heavy (non-hydrogen) atoms. The van der Waals surface area contributed by atoms with Crippen LogP contribution in [0.15, 0.2) is 36.7 Å². The van der Waals surface area contributed by atoms with E-state index in [2.05, 4.69) is 9.97 Å². The maximum absolute atomic E-state index is 5.77. The van der Waals surface area contributed by atoms with Crippen LogP contribution in [0.5, 0.6) is 5.88 Å². The predicted molar refractivity (Wildman–Crippen MR) is 62.2 cm³/mol. The summed E-state index contributed by atoms with van der Waals surface area (Å²) in [6, 6.07) is 7.38. The van der Waals surface area contributed by atoms with E-state index in [9.17, 15) is 0 Å². The third kappa shape index (κ3) is 2.61. The van der Waals surface area contributed by atoms with Crippen LogP contribution in [0.1, 0.15) is 5.56 Å². The van der Waals surface area contributed by atoms with Gasteiger partial charge in [-0.3, -0.25) is 0 Å². The summed E-state index contributed by atoms with van der Waals surface area (Å²) in [6.45, 7) is 0.389. The number of nitrogens with zero attached hydrogens (tertiary/aromatic N) is 2. The van der Waals surface area contributed by atoms with E-state index in [4.69, 9.17) is 22.1 Å². The van der Waals surface area contributed by atoms with E-state index >= 15 is 0 Å². The lowest BCUT2D eigenvalue weighted by Crippen LogP contribution is -2.01. The molecule has 1 heterocycles. The van der Waals surface area contributed by atoms with E-state index in [0.717, 1.165) is 5.56 Å². The van der Waals surface area contributed by atoms with Crippen LogP contribution in [0.4, 0.5) is 5.82 Å². The van der Waals surface area contributed by atoms with Crippen molar-refractivity contribution in [2.24, 2.45) is 0 Å². The van der Waals surface area contributed by atoms with Gasteiger partial charge < -0.3 is 10.5 Å². The summed E-state index contributed by atoms with van der Waals surface area (Å²) in [5.41, 5.74) is 6.58. The molecule has 0 saturated carbocycles. The van der Waals surface area contributed by atoms with Crippen molar-refractivity contribution in [3.8, 4) is 5.88 Å². The second-order valence-corrected chi connectivity index (χ2v) is 3.60. The fourth-order valence-electron chi connectivity index (χ4n) is 1.18. The summed E-state index contributed by atoms with van der Waals surface area (Å²) >= 11 is 5.77. The van der Waals surface area contributed by atoms with Crippen LogP contribution in [0.3, 0.4) is 0 Å². The Morgan fingerprint density at radius 3 is 2.50 bits per heavy atom. The van der Waals surface area contributed by atoms with Crippen molar-refractivity contribution < 1.29 is 4.74 Å². The van der Waals surface area contributed by atoms with Crippen molar-refractivity contribution in [1.82, 2.24) is 9.97 Å². The summed E-state index contributed by atoms with van der Waals surface area (Å²) in [5.74, 6) is 0.633. The van der Waals surface area contributed by atoms with Gasteiger partial charge in [0.25, 0.3) is 5.88 Å². The molecule has 1 aromatic carbocycles. The lowest BCUT2D eigenvalue weighted by molar-refractivity contribution is 0.294. The van der Waals surface area contributed by atoms with Crippen LogP contribution in [-0.2, 0) is 6.61 Å². The van der Waals surface area contributed by atoms with Crippen molar-refractivity contribution >= 4 is 17.4 Å². The standard InChI is InChI=1S/C11H10ClN3O/c12-9-3-1-8(2-4-9)7-16-11-10(13)14-5-6-15-11/h1-6H,7H2,(H2,13,14). The Bertz CT molecular complexity index is 473. The van der Waals surface area contributed by atoms with Gasteiger partial charge in [0.05, 0.1) is 0 Å². The van der Waals surface area contributed by atoms with E-state index in [-0.39, 0.29) is 5.82 Å². The van der Waals surface area contributed by atoms with Crippen molar-refractivity contribution in [1.29, 1.82) is 0 Å². The zero-order valence-electron chi connectivity index (χ0n) is 8.43. The molecule has 1 aromatic heterocycles. The SMILES string of the molecule is Nc1nccnc1OCc1ccc(Cl)cc1. The first-order valence-electron chi connectivity index (χ1n) is 4.69. The Morgan fingerprint density at radius 1 is 1.12 bits per heavy atom. The second-order valence-electron chi connectivity index (χ2n) is 3.16. The first-order chi connectivity index (χ1) is 7.75. The summed E-state index contributed by atoms with van der Waals surface area (Å²) in [6.07, 6.45) is 3.05. The average molecular weight is 236 g/mol. The highest BCUT2D eigenvalue weighted by Crippen LogP contribution is 2.16. The van der Waals surface area contributed by atoms with Crippen LogP contribution in [0.2, 0.25) is 5.02 Å². The molecule has 0 aliphatic heterocycles. The molecular formula is C11H10ClN3O. The largest absolute Gasteiger partial charge is 0.470 e. The van der Waals surface area contributed by atoms with Crippen molar-refractivity contribution in [2.45, 2.75) is 6.61 Å². The number of nitrogen functional groups attached to an aromatic ring is 1. The van der Waals surface area contributed by atoms with E-state index in [1.807, 2.05) is 12.1 Å². The Hall–Kier alpha value is -1.81. The van der Waals surface area contributed by atoms with Gasteiger partial charge in [-0.25, -0.2) is 9.97 Å². The molecule has 4 nitrogen and oxygen atoms in total. The van der Waals surface area contributed by atoms with Crippen LogP contribution < -0.4 is 10.5 Å². The lowest BCUT2D eigenvalue weighted by Gasteiger charge is -2.06. The lowest BCUT2D eigenvalue weighted by atomic mass is 10.2. The number of halogens is 1. The maximum atomic E-state index is 5.77. The minimum Gasteiger partial charge on any atom is -0.470 e. The van der Waals surface area contributed by atoms with Gasteiger partial charge in [-0.2, -0.15) is 0 Å². The molecule has 0 radical (unpaired) electrons. The van der Waals surface area contributed by atoms with Gasteiger partial charge >= 0.3 is 0 Å². The van der Waals surface area contributed by atoms with E-state index < -0.39 is 0 Å². The first kappa shape index (κ1) is 10.7. The Morgan fingerprint density at radius 2 is 1.81 bits per heavy atom. The van der Waals surface area contributed by atoms with Gasteiger partial charge in [-0.05, 0) is 17.7 Å². The van der Waals surface area contributed by atoms with Gasteiger partial charge in [-0.1, -0.05) is 23.7 Å². The van der Waals surface area contributed by atoms with Crippen molar-refractivity contribution in [2.75, 3.05) is 5.73 Å². The first-order valence-corrected chi connectivity index (χ1v) is 5.07. The maximum Gasteiger partial charge on any atom is 0.257 e. The van der Waals surface area contributed by atoms with Gasteiger partial charge in [0.2, 0.25) is 0 Å². The number of ether oxygens (including phenoxy) is 1. The number of anilines is 1. The average Bonchev–Trinajstić information content (AvgIpc) is 2.30. The molecule has 2 N–H and O–H groups in total. The predicted octanol–water partition coefficient (Wildman–Crippen LogP) is 2.29. The van der Waals surface area contributed by atoms with Gasteiger partial charge in [0.15, 0.2) is 5.82 Å². The fourth-order valence-corrected chi connectivity index (χ4v) is 1.31. The molecule has 0 unspecified atom stereocenters. The van der Waals surface area contributed by atoms with Gasteiger partial charge in [-0.15, -0.1) is 0 Å². The Balaban J connectivity index is 2.02. The number of hydrogen-bond donors (Lipinski definition) is 1. The number of rotatable bonds is 3. The molecular weight excluding hydrogens is 226 g/mol. The molecule has 5 heteroatoms. The normalized spacial score (nSPS) is 10.1. The highest BCUT2D eigenvalue weighted by molar-refractivity contribution is 6.30. The molecule has 0 spiro atoms. The minimum absolute atomic E-state index is 0.288. The second kappa shape index (κ2) is 4.81. The van der Waals surface area contributed by atoms with Crippen molar-refractivity contribution in [3.63, 3.8) is 0 Å². The highest BCUT2D eigenvalue weighted by atomic mass is 35.5. The minimum atomic E-state index is 0.288. The zero-order chi connectivity index (χ0) is 11.4. The van der Waals surface area contributed by atoms with Gasteiger partial charge in [0, 0.05) is 17.4 Å². The third-order valence-corrected chi connectivity index (χ3v) is 2.23.